The Morgan fingerprint density at radius 1 is 0.816 bits per heavy atom. The number of amides is 3. The third-order valence-electron chi connectivity index (χ3n) is 6.01. The van der Waals surface area contributed by atoms with Crippen LogP contribution in [-0.4, -0.2) is 64.7 Å². The summed E-state index contributed by atoms with van der Waals surface area (Å²) in [7, 11) is 0. The fourth-order valence-corrected chi connectivity index (χ4v) is 3.95. The van der Waals surface area contributed by atoms with Crippen molar-refractivity contribution < 1.29 is 29.4 Å². The SMILES string of the molecule is C[C@H](O)[C@@H](NC(=O)CNC(=O)[C@@H](Cc1ccc2ccccc2c1)NC(=O)[C@H](N)Cc1ccccc1)C(=O)O. The second kappa shape index (κ2) is 13.3. The number of benzene rings is 3. The van der Waals surface area contributed by atoms with E-state index in [-0.39, 0.29) is 12.8 Å². The highest BCUT2D eigenvalue weighted by molar-refractivity contribution is 5.93. The molecule has 0 bridgehead atoms. The summed E-state index contributed by atoms with van der Waals surface area (Å²) in [6.45, 7) is 0.681. The average molecular weight is 521 g/mol. The van der Waals surface area contributed by atoms with Crippen molar-refractivity contribution in [1.29, 1.82) is 0 Å². The average Bonchev–Trinajstić information content (AvgIpc) is 2.90. The molecule has 0 radical (unpaired) electrons. The summed E-state index contributed by atoms with van der Waals surface area (Å²) in [4.78, 5) is 49.4. The molecule has 0 saturated carbocycles. The van der Waals surface area contributed by atoms with Gasteiger partial charge in [-0.15, -0.1) is 0 Å². The van der Waals surface area contributed by atoms with E-state index in [0.717, 1.165) is 21.9 Å². The van der Waals surface area contributed by atoms with Crippen LogP contribution in [0, 0.1) is 0 Å². The van der Waals surface area contributed by atoms with Crippen LogP contribution in [0.15, 0.2) is 72.8 Å². The molecular formula is C28H32N4O6. The van der Waals surface area contributed by atoms with Gasteiger partial charge >= 0.3 is 5.97 Å². The van der Waals surface area contributed by atoms with Crippen molar-refractivity contribution >= 4 is 34.5 Å². The Hall–Kier alpha value is -4.28. The fraction of sp³-hybridized carbons (Fsp3) is 0.286. The van der Waals surface area contributed by atoms with Gasteiger partial charge in [0, 0.05) is 6.42 Å². The largest absolute Gasteiger partial charge is 0.480 e. The van der Waals surface area contributed by atoms with Crippen molar-refractivity contribution in [3.05, 3.63) is 83.9 Å². The maximum absolute atomic E-state index is 13.1. The van der Waals surface area contributed by atoms with Crippen molar-refractivity contribution in [1.82, 2.24) is 16.0 Å². The molecule has 10 nitrogen and oxygen atoms in total. The van der Waals surface area contributed by atoms with Gasteiger partial charge in [-0.25, -0.2) is 4.79 Å². The molecule has 38 heavy (non-hydrogen) atoms. The second-order valence-electron chi connectivity index (χ2n) is 9.08. The maximum atomic E-state index is 13.1. The van der Waals surface area contributed by atoms with Crippen LogP contribution in [-0.2, 0) is 32.0 Å². The lowest BCUT2D eigenvalue weighted by Crippen LogP contribution is -2.55. The predicted octanol–water partition coefficient (Wildman–Crippen LogP) is 0.504. The first-order valence-corrected chi connectivity index (χ1v) is 12.2. The van der Waals surface area contributed by atoms with Gasteiger partial charge in [-0.1, -0.05) is 72.8 Å². The van der Waals surface area contributed by atoms with Crippen LogP contribution >= 0.6 is 0 Å². The minimum absolute atomic E-state index is 0.132. The van der Waals surface area contributed by atoms with Crippen LogP contribution in [0.25, 0.3) is 10.8 Å². The minimum Gasteiger partial charge on any atom is -0.480 e. The maximum Gasteiger partial charge on any atom is 0.328 e. The Kier molecular flexibility index (Phi) is 9.92. The normalized spacial score (nSPS) is 14.1. The van der Waals surface area contributed by atoms with E-state index in [1.54, 1.807) is 0 Å². The molecule has 10 heteroatoms. The molecule has 0 unspecified atom stereocenters. The van der Waals surface area contributed by atoms with Gasteiger partial charge in [0.05, 0.1) is 18.7 Å². The molecule has 3 rings (SSSR count). The monoisotopic (exact) mass is 520 g/mol. The molecule has 3 amide bonds. The third kappa shape index (κ3) is 8.12. The molecule has 0 spiro atoms. The lowest BCUT2D eigenvalue weighted by Gasteiger charge is -2.22. The van der Waals surface area contributed by atoms with Gasteiger partial charge in [-0.3, -0.25) is 14.4 Å². The standard InChI is InChI=1S/C28H32N4O6/c1-17(33)25(28(37)38)32-24(34)16-30-27(36)23(15-19-11-12-20-9-5-6-10-21(20)13-19)31-26(35)22(29)14-18-7-3-2-4-8-18/h2-13,17,22-23,25,33H,14-16,29H2,1H3,(H,30,36)(H,31,35)(H,32,34)(H,37,38)/t17-,22+,23+,25+/m0/s1. The van der Waals surface area contributed by atoms with Crippen LogP contribution in [0.4, 0.5) is 0 Å². The summed E-state index contributed by atoms with van der Waals surface area (Å²) in [5, 5.41) is 28.0. The highest BCUT2D eigenvalue weighted by Crippen LogP contribution is 2.17. The van der Waals surface area contributed by atoms with Gasteiger partial charge in [0.1, 0.15) is 6.04 Å². The number of rotatable bonds is 12. The number of aliphatic hydroxyl groups is 1. The van der Waals surface area contributed by atoms with Crippen molar-refractivity contribution in [3.63, 3.8) is 0 Å². The smallest absolute Gasteiger partial charge is 0.328 e. The van der Waals surface area contributed by atoms with Gasteiger partial charge in [-0.05, 0) is 35.2 Å². The zero-order valence-electron chi connectivity index (χ0n) is 21.0. The van der Waals surface area contributed by atoms with Gasteiger partial charge < -0.3 is 31.9 Å². The first kappa shape index (κ1) is 28.3. The number of aliphatic hydroxyl groups excluding tert-OH is 1. The molecule has 200 valence electrons. The zero-order valence-corrected chi connectivity index (χ0v) is 21.0. The Morgan fingerprint density at radius 2 is 1.47 bits per heavy atom. The number of carboxylic acids is 1. The first-order chi connectivity index (χ1) is 18.1. The summed E-state index contributed by atoms with van der Waals surface area (Å²) in [5.74, 6) is -3.38. The molecule has 0 aromatic heterocycles. The van der Waals surface area contributed by atoms with E-state index >= 15 is 0 Å². The highest BCUT2D eigenvalue weighted by Gasteiger charge is 2.27. The highest BCUT2D eigenvalue weighted by atomic mass is 16.4. The van der Waals surface area contributed by atoms with Crippen LogP contribution in [0.3, 0.4) is 0 Å². The van der Waals surface area contributed by atoms with E-state index in [2.05, 4.69) is 16.0 Å². The number of hydrogen-bond donors (Lipinski definition) is 6. The first-order valence-electron chi connectivity index (χ1n) is 12.2. The number of carbonyl (C=O) groups excluding carboxylic acids is 3. The number of aliphatic carboxylic acids is 1. The van der Waals surface area contributed by atoms with E-state index < -0.39 is 54.5 Å². The van der Waals surface area contributed by atoms with Gasteiger partial charge in [0.25, 0.3) is 0 Å². The van der Waals surface area contributed by atoms with Gasteiger partial charge in [0.15, 0.2) is 6.04 Å². The molecule has 3 aromatic carbocycles. The molecule has 0 aliphatic carbocycles. The zero-order chi connectivity index (χ0) is 27.7. The Labute approximate surface area is 220 Å². The topological polar surface area (TPSA) is 171 Å². The van der Waals surface area contributed by atoms with Crippen LogP contribution in [0.1, 0.15) is 18.1 Å². The summed E-state index contributed by atoms with van der Waals surface area (Å²) >= 11 is 0. The molecule has 3 aromatic rings. The number of fused-ring (bicyclic) bond motifs is 1. The molecule has 4 atom stereocenters. The predicted molar refractivity (Wildman–Crippen MR) is 142 cm³/mol. The van der Waals surface area contributed by atoms with Crippen molar-refractivity contribution in [2.24, 2.45) is 5.73 Å². The molecule has 0 heterocycles. The van der Waals surface area contributed by atoms with Gasteiger partial charge in [-0.2, -0.15) is 0 Å². The van der Waals surface area contributed by atoms with Gasteiger partial charge in [0.2, 0.25) is 17.7 Å². The van der Waals surface area contributed by atoms with E-state index in [1.165, 1.54) is 6.92 Å². The van der Waals surface area contributed by atoms with Crippen molar-refractivity contribution in [2.45, 2.75) is 44.0 Å². The third-order valence-corrected chi connectivity index (χ3v) is 6.01. The number of nitrogens with two attached hydrogens (primary N) is 1. The van der Waals surface area contributed by atoms with Crippen LogP contribution in [0.2, 0.25) is 0 Å². The van der Waals surface area contributed by atoms with E-state index in [1.807, 2.05) is 72.8 Å². The molecule has 0 aliphatic heterocycles. The molecule has 0 aliphatic rings. The molecular weight excluding hydrogens is 488 g/mol. The summed E-state index contributed by atoms with van der Waals surface area (Å²) in [6.07, 6.45) is -0.929. The lowest BCUT2D eigenvalue weighted by molar-refractivity contribution is -0.144. The Bertz CT molecular complexity index is 1280. The number of carboxylic acid groups (broad SMARTS) is 1. The molecule has 0 fully saturated rings. The summed E-state index contributed by atoms with van der Waals surface area (Å²) in [5.41, 5.74) is 7.76. The van der Waals surface area contributed by atoms with E-state index in [4.69, 9.17) is 10.8 Å². The number of hydrogen-bond acceptors (Lipinski definition) is 6. The number of carbonyl (C=O) groups is 4. The molecule has 7 N–H and O–H groups in total. The Balaban J connectivity index is 1.71. The van der Waals surface area contributed by atoms with Crippen LogP contribution < -0.4 is 21.7 Å². The fourth-order valence-electron chi connectivity index (χ4n) is 3.95. The lowest BCUT2D eigenvalue weighted by atomic mass is 10.00. The Morgan fingerprint density at radius 3 is 2.13 bits per heavy atom. The van der Waals surface area contributed by atoms with Crippen molar-refractivity contribution in [3.8, 4) is 0 Å². The molecule has 0 saturated heterocycles. The second-order valence-corrected chi connectivity index (χ2v) is 9.08. The number of nitrogens with one attached hydrogen (secondary N) is 3. The minimum atomic E-state index is -1.52. The van der Waals surface area contributed by atoms with E-state index in [9.17, 15) is 24.3 Å². The quantitative estimate of drug-likeness (QED) is 0.202. The summed E-state index contributed by atoms with van der Waals surface area (Å²) in [6, 6.07) is 19.2. The summed E-state index contributed by atoms with van der Waals surface area (Å²) < 4.78 is 0. The van der Waals surface area contributed by atoms with Crippen LogP contribution in [0.5, 0.6) is 0 Å². The van der Waals surface area contributed by atoms with E-state index in [0.29, 0.717) is 0 Å². The van der Waals surface area contributed by atoms with Crippen molar-refractivity contribution in [2.75, 3.05) is 6.54 Å².